The van der Waals surface area contributed by atoms with E-state index in [-0.39, 0.29) is 5.79 Å². The molecular weight excluding hydrogens is 152 g/mol. The van der Waals surface area contributed by atoms with Gasteiger partial charge in [0.1, 0.15) is 0 Å². The molecule has 2 rings (SSSR count). The summed E-state index contributed by atoms with van der Waals surface area (Å²) < 4.78 is 11.7. The Hall–Kier alpha value is -0.0800. The molecule has 1 aliphatic carbocycles. The number of hydrogen-bond acceptors (Lipinski definition) is 2. The van der Waals surface area contributed by atoms with E-state index >= 15 is 0 Å². The van der Waals surface area contributed by atoms with Gasteiger partial charge in [0.25, 0.3) is 0 Å². The molecule has 0 aromatic rings. The minimum Gasteiger partial charge on any atom is -0.347 e. The maximum atomic E-state index is 5.92. The number of hydrogen-bond donors (Lipinski definition) is 0. The van der Waals surface area contributed by atoms with E-state index in [2.05, 4.69) is 6.92 Å². The summed E-state index contributed by atoms with van der Waals surface area (Å²) in [4.78, 5) is 0. The average molecular weight is 170 g/mol. The SMILES string of the molecule is CCC1COC2(CCCCC2)O1. The van der Waals surface area contributed by atoms with Gasteiger partial charge in [0.05, 0.1) is 12.7 Å². The van der Waals surface area contributed by atoms with E-state index in [1.807, 2.05) is 0 Å². The normalized spacial score (nSPS) is 34.2. The van der Waals surface area contributed by atoms with Crippen LogP contribution in [-0.4, -0.2) is 18.5 Å². The van der Waals surface area contributed by atoms with Crippen LogP contribution in [0, 0.1) is 0 Å². The van der Waals surface area contributed by atoms with Crippen LogP contribution in [0.5, 0.6) is 0 Å². The summed E-state index contributed by atoms with van der Waals surface area (Å²) in [6, 6.07) is 0. The first-order valence-corrected chi connectivity index (χ1v) is 5.16. The number of rotatable bonds is 1. The van der Waals surface area contributed by atoms with Crippen LogP contribution in [0.4, 0.5) is 0 Å². The second kappa shape index (κ2) is 3.35. The highest BCUT2D eigenvalue weighted by molar-refractivity contribution is 4.81. The first-order chi connectivity index (χ1) is 5.85. The lowest BCUT2D eigenvalue weighted by atomic mass is 9.94. The van der Waals surface area contributed by atoms with Crippen LogP contribution in [0.3, 0.4) is 0 Å². The first kappa shape index (κ1) is 8.52. The predicted octanol–water partition coefficient (Wildman–Crippen LogP) is 2.47. The molecule has 1 saturated carbocycles. The van der Waals surface area contributed by atoms with E-state index in [1.54, 1.807) is 0 Å². The summed E-state index contributed by atoms with van der Waals surface area (Å²) in [7, 11) is 0. The highest BCUT2D eigenvalue weighted by Gasteiger charge is 2.41. The highest BCUT2D eigenvalue weighted by Crippen LogP contribution is 2.38. The maximum absolute atomic E-state index is 5.92. The van der Waals surface area contributed by atoms with Gasteiger partial charge in [0.2, 0.25) is 0 Å². The summed E-state index contributed by atoms with van der Waals surface area (Å²) >= 11 is 0. The molecule has 2 heteroatoms. The first-order valence-electron chi connectivity index (χ1n) is 5.16. The van der Waals surface area contributed by atoms with E-state index in [1.165, 1.54) is 19.3 Å². The third kappa shape index (κ3) is 1.50. The molecule has 1 spiro atoms. The van der Waals surface area contributed by atoms with E-state index in [0.29, 0.717) is 6.10 Å². The zero-order valence-corrected chi connectivity index (χ0v) is 7.84. The van der Waals surface area contributed by atoms with E-state index < -0.39 is 0 Å². The molecule has 1 aliphatic heterocycles. The Morgan fingerprint density at radius 2 is 2.00 bits per heavy atom. The smallest absolute Gasteiger partial charge is 0.168 e. The van der Waals surface area contributed by atoms with E-state index in [9.17, 15) is 0 Å². The van der Waals surface area contributed by atoms with Crippen molar-refractivity contribution >= 4 is 0 Å². The standard InChI is InChI=1S/C10H18O2/c1-2-9-8-11-10(12-9)6-4-3-5-7-10/h9H,2-8H2,1H3. The van der Waals surface area contributed by atoms with Crippen molar-refractivity contribution in [2.75, 3.05) is 6.61 Å². The van der Waals surface area contributed by atoms with Gasteiger partial charge in [0, 0.05) is 12.8 Å². The molecule has 0 aromatic heterocycles. The molecule has 2 fully saturated rings. The van der Waals surface area contributed by atoms with Crippen LogP contribution in [0.15, 0.2) is 0 Å². The zero-order valence-electron chi connectivity index (χ0n) is 7.84. The molecule has 1 unspecified atom stereocenters. The summed E-state index contributed by atoms with van der Waals surface area (Å²) in [5.41, 5.74) is 0. The van der Waals surface area contributed by atoms with Crippen LogP contribution in [-0.2, 0) is 9.47 Å². The topological polar surface area (TPSA) is 18.5 Å². The lowest BCUT2D eigenvalue weighted by Gasteiger charge is -2.31. The largest absolute Gasteiger partial charge is 0.347 e. The molecule has 12 heavy (non-hydrogen) atoms. The van der Waals surface area contributed by atoms with Crippen LogP contribution in [0.2, 0.25) is 0 Å². The molecule has 70 valence electrons. The Labute approximate surface area is 74.2 Å². The fourth-order valence-electron chi connectivity index (χ4n) is 2.17. The van der Waals surface area contributed by atoms with E-state index in [0.717, 1.165) is 25.9 Å². The Kier molecular flexibility index (Phi) is 2.37. The minimum atomic E-state index is -0.154. The van der Waals surface area contributed by atoms with Gasteiger partial charge in [0.15, 0.2) is 5.79 Å². The van der Waals surface area contributed by atoms with Crippen molar-refractivity contribution in [1.29, 1.82) is 0 Å². The van der Waals surface area contributed by atoms with Gasteiger partial charge >= 0.3 is 0 Å². The predicted molar refractivity (Wildman–Crippen MR) is 46.9 cm³/mol. The van der Waals surface area contributed by atoms with Crippen molar-refractivity contribution < 1.29 is 9.47 Å². The summed E-state index contributed by atoms with van der Waals surface area (Å²) in [6.45, 7) is 2.98. The molecule has 0 amide bonds. The van der Waals surface area contributed by atoms with Crippen molar-refractivity contribution in [3.8, 4) is 0 Å². The average Bonchev–Trinajstić information content (AvgIpc) is 2.50. The maximum Gasteiger partial charge on any atom is 0.168 e. The monoisotopic (exact) mass is 170 g/mol. The molecule has 2 nitrogen and oxygen atoms in total. The summed E-state index contributed by atoms with van der Waals surface area (Å²) in [6.07, 6.45) is 7.58. The third-order valence-electron chi connectivity index (χ3n) is 2.98. The molecule has 0 N–H and O–H groups in total. The fourth-order valence-corrected chi connectivity index (χ4v) is 2.17. The Bertz CT molecular complexity index is 150. The lowest BCUT2D eigenvalue weighted by Crippen LogP contribution is -2.33. The molecule has 0 bridgehead atoms. The summed E-state index contributed by atoms with van der Waals surface area (Å²) in [5.74, 6) is -0.154. The van der Waals surface area contributed by atoms with Crippen molar-refractivity contribution in [2.24, 2.45) is 0 Å². The Balaban J connectivity index is 1.94. The van der Waals surface area contributed by atoms with Crippen LogP contribution >= 0.6 is 0 Å². The highest BCUT2D eigenvalue weighted by atomic mass is 16.7. The fraction of sp³-hybridized carbons (Fsp3) is 1.00. The van der Waals surface area contributed by atoms with E-state index in [4.69, 9.17) is 9.47 Å². The van der Waals surface area contributed by atoms with Gasteiger partial charge in [-0.2, -0.15) is 0 Å². The summed E-state index contributed by atoms with van der Waals surface area (Å²) in [5, 5.41) is 0. The Morgan fingerprint density at radius 3 is 2.58 bits per heavy atom. The molecule has 2 aliphatic rings. The van der Waals surface area contributed by atoms with Gasteiger partial charge in [-0.25, -0.2) is 0 Å². The molecule has 1 heterocycles. The second-order valence-electron chi connectivity index (χ2n) is 3.93. The lowest BCUT2D eigenvalue weighted by molar-refractivity contribution is -0.187. The quantitative estimate of drug-likeness (QED) is 0.602. The zero-order chi connectivity index (χ0) is 8.44. The molecule has 0 radical (unpaired) electrons. The van der Waals surface area contributed by atoms with Crippen LogP contribution in [0.25, 0.3) is 0 Å². The third-order valence-corrected chi connectivity index (χ3v) is 2.98. The Morgan fingerprint density at radius 1 is 1.25 bits per heavy atom. The van der Waals surface area contributed by atoms with Gasteiger partial charge in [-0.3, -0.25) is 0 Å². The molecule has 1 atom stereocenters. The minimum absolute atomic E-state index is 0.154. The van der Waals surface area contributed by atoms with Gasteiger partial charge in [-0.1, -0.05) is 13.3 Å². The molecule has 0 aromatic carbocycles. The second-order valence-corrected chi connectivity index (χ2v) is 3.93. The molecule has 1 saturated heterocycles. The number of ether oxygens (including phenoxy) is 2. The van der Waals surface area contributed by atoms with Crippen molar-refractivity contribution in [3.63, 3.8) is 0 Å². The van der Waals surface area contributed by atoms with Crippen LogP contribution < -0.4 is 0 Å². The van der Waals surface area contributed by atoms with Crippen LogP contribution in [0.1, 0.15) is 45.4 Å². The van der Waals surface area contributed by atoms with Gasteiger partial charge in [-0.05, 0) is 19.3 Å². The van der Waals surface area contributed by atoms with Crippen molar-refractivity contribution in [3.05, 3.63) is 0 Å². The van der Waals surface area contributed by atoms with Gasteiger partial charge < -0.3 is 9.47 Å². The van der Waals surface area contributed by atoms with Crippen molar-refractivity contribution in [2.45, 2.75) is 57.3 Å². The van der Waals surface area contributed by atoms with Gasteiger partial charge in [-0.15, -0.1) is 0 Å². The van der Waals surface area contributed by atoms with Crippen molar-refractivity contribution in [1.82, 2.24) is 0 Å². The molecular formula is C10H18O2.